The van der Waals surface area contributed by atoms with Gasteiger partial charge < -0.3 is 14.4 Å². The van der Waals surface area contributed by atoms with Crippen molar-refractivity contribution in [3.63, 3.8) is 0 Å². The van der Waals surface area contributed by atoms with Crippen molar-refractivity contribution >= 4 is 0 Å². The van der Waals surface area contributed by atoms with E-state index < -0.39 is 0 Å². The molecule has 4 heteroatoms. The van der Waals surface area contributed by atoms with E-state index in [2.05, 4.69) is 53.7 Å². The number of methoxy groups -OCH3 is 1. The highest BCUT2D eigenvalue weighted by molar-refractivity contribution is 5.44. The van der Waals surface area contributed by atoms with Crippen molar-refractivity contribution in [2.75, 3.05) is 34.0 Å². The minimum Gasteiger partial charge on any atom is -0.496 e. The fourth-order valence-corrected chi connectivity index (χ4v) is 4.43. The van der Waals surface area contributed by atoms with Crippen molar-refractivity contribution in [2.24, 2.45) is 0 Å². The van der Waals surface area contributed by atoms with Gasteiger partial charge in [0.15, 0.2) is 0 Å². The molecular formula is C23H30N2O2. The van der Waals surface area contributed by atoms with E-state index in [0.717, 1.165) is 44.0 Å². The van der Waals surface area contributed by atoms with Crippen LogP contribution < -0.4 is 14.8 Å². The Morgan fingerprint density at radius 1 is 1.26 bits per heavy atom. The number of benzene rings is 2. The number of likely N-dealkylation sites (N-methyl/N-ethyl adjacent to an activating group) is 1. The summed E-state index contributed by atoms with van der Waals surface area (Å²) < 4.78 is 11.3. The van der Waals surface area contributed by atoms with Gasteiger partial charge in [-0.3, -0.25) is 5.32 Å². The van der Waals surface area contributed by atoms with Crippen LogP contribution in [-0.2, 0) is 19.4 Å². The van der Waals surface area contributed by atoms with E-state index >= 15 is 0 Å². The summed E-state index contributed by atoms with van der Waals surface area (Å²) in [5, 5.41) is 3.23. The van der Waals surface area contributed by atoms with Gasteiger partial charge in [-0.2, -0.15) is 0 Å². The summed E-state index contributed by atoms with van der Waals surface area (Å²) in [4.78, 5) is 2.47. The average molecular weight is 367 g/mol. The topological polar surface area (TPSA) is 33.7 Å². The van der Waals surface area contributed by atoms with Crippen LogP contribution in [-0.4, -0.2) is 38.9 Å². The molecule has 2 aromatic carbocycles. The largest absolute Gasteiger partial charge is 0.496 e. The zero-order chi connectivity index (χ0) is 18.6. The van der Waals surface area contributed by atoms with Crippen LogP contribution in [0, 0.1) is 0 Å². The molecule has 0 amide bonds. The number of fused-ring (bicyclic) bond motifs is 2. The normalized spacial score (nSPS) is 18.6. The van der Waals surface area contributed by atoms with Crippen molar-refractivity contribution in [3.05, 3.63) is 58.7 Å². The van der Waals surface area contributed by atoms with Crippen LogP contribution in [0.5, 0.6) is 11.5 Å². The molecule has 1 N–H and O–H groups in total. The predicted octanol–water partition coefficient (Wildman–Crippen LogP) is 3.73. The van der Waals surface area contributed by atoms with E-state index in [1.165, 1.54) is 35.1 Å². The second-order valence-electron chi connectivity index (χ2n) is 7.79. The van der Waals surface area contributed by atoms with Crippen LogP contribution in [0.1, 0.15) is 41.0 Å². The van der Waals surface area contributed by atoms with Gasteiger partial charge in [0.2, 0.25) is 0 Å². The molecule has 0 bridgehead atoms. The molecule has 0 spiro atoms. The molecule has 0 radical (unpaired) electrons. The molecular weight excluding hydrogens is 336 g/mol. The van der Waals surface area contributed by atoms with Crippen LogP contribution in [0.15, 0.2) is 36.4 Å². The minimum absolute atomic E-state index is 0.604. The van der Waals surface area contributed by atoms with Gasteiger partial charge in [-0.25, -0.2) is 0 Å². The highest BCUT2D eigenvalue weighted by Gasteiger charge is 2.23. The van der Waals surface area contributed by atoms with Crippen molar-refractivity contribution in [3.8, 4) is 11.5 Å². The number of ether oxygens (including phenoxy) is 2. The smallest absolute Gasteiger partial charge is 0.139 e. The Balaban J connectivity index is 1.37. The van der Waals surface area contributed by atoms with E-state index in [-0.39, 0.29) is 0 Å². The molecule has 27 heavy (non-hydrogen) atoms. The summed E-state index contributed by atoms with van der Waals surface area (Å²) in [6, 6.07) is 13.2. The first-order valence-corrected chi connectivity index (χ1v) is 10.0. The standard InChI is InChI=1S/C23H30N2O2/c1-25(12-11-17-9-10-18-14-24-16-27-23(18)13-17)15-19-5-3-7-21-20(19)6-4-8-22(21)26-2/h4,6,8-10,13,19,24H,3,5,7,11-12,14-16H2,1-2H3. The zero-order valence-corrected chi connectivity index (χ0v) is 16.5. The zero-order valence-electron chi connectivity index (χ0n) is 16.5. The number of nitrogens with one attached hydrogen (secondary N) is 1. The van der Waals surface area contributed by atoms with Gasteiger partial charge >= 0.3 is 0 Å². The SMILES string of the molecule is COc1cccc2c1CCCC2CN(C)CCc1ccc2c(c1)OCNC2. The highest BCUT2D eigenvalue weighted by Crippen LogP contribution is 2.36. The molecule has 0 saturated heterocycles. The number of rotatable bonds is 6. The highest BCUT2D eigenvalue weighted by atomic mass is 16.5. The predicted molar refractivity (Wildman–Crippen MR) is 109 cm³/mol. The van der Waals surface area contributed by atoms with Gasteiger partial charge in [-0.15, -0.1) is 0 Å². The molecule has 1 heterocycles. The first-order valence-electron chi connectivity index (χ1n) is 10.0. The molecule has 1 atom stereocenters. The van der Waals surface area contributed by atoms with Gasteiger partial charge in [-0.05, 0) is 67.5 Å². The van der Waals surface area contributed by atoms with E-state index in [9.17, 15) is 0 Å². The summed E-state index contributed by atoms with van der Waals surface area (Å²) in [7, 11) is 4.02. The van der Waals surface area contributed by atoms with Crippen molar-refractivity contribution in [2.45, 2.75) is 38.1 Å². The lowest BCUT2D eigenvalue weighted by Gasteiger charge is -2.30. The summed E-state index contributed by atoms with van der Waals surface area (Å²) in [5.74, 6) is 2.71. The molecule has 2 aliphatic rings. The summed E-state index contributed by atoms with van der Waals surface area (Å²) in [6.45, 7) is 3.68. The van der Waals surface area contributed by atoms with E-state index in [1.54, 1.807) is 7.11 Å². The Morgan fingerprint density at radius 3 is 3.07 bits per heavy atom. The van der Waals surface area contributed by atoms with Crippen LogP contribution in [0.3, 0.4) is 0 Å². The number of nitrogens with zero attached hydrogens (tertiary/aromatic N) is 1. The third kappa shape index (κ3) is 4.12. The molecule has 4 nitrogen and oxygen atoms in total. The monoisotopic (exact) mass is 366 g/mol. The Hall–Kier alpha value is -2.04. The fraction of sp³-hybridized carbons (Fsp3) is 0.478. The first kappa shape index (κ1) is 18.3. The molecule has 0 aromatic heterocycles. The molecule has 2 aromatic rings. The fourth-order valence-electron chi connectivity index (χ4n) is 4.43. The molecule has 1 unspecified atom stereocenters. The molecule has 144 valence electrons. The maximum absolute atomic E-state index is 5.72. The molecule has 4 rings (SSSR count). The molecule has 0 saturated carbocycles. The van der Waals surface area contributed by atoms with E-state index in [1.807, 2.05) is 0 Å². The van der Waals surface area contributed by atoms with Gasteiger partial charge in [-0.1, -0.05) is 24.3 Å². The number of hydrogen-bond donors (Lipinski definition) is 1. The third-order valence-electron chi connectivity index (χ3n) is 5.90. The van der Waals surface area contributed by atoms with Crippen molar-refractivity contribution in [1.82, 2.24) is 10.2 Å². The maximum Gasteiger partial charge on any atom is 0.139 e. The first-order chi connectivity index (χ1) is 13.2. The Labute approximate surface area is 162 Å². The van der Waals surface area contributed by atoms with Gasteiger partial charge in [0.1, 0.15) is 18.2 Å². The second kappa shape index (κ2) is 8.32. The maximum atomic E-state index is 5.72. The third-order valence-corrected chi connectivity index (χ3v) is 5.90. The second-order valence-corrected chi connectivity index (χ2v) is 7.79. The van der Waals surface area contributed by atoms with E-state index in [4.69, 9.17) is 9.47 Å². The van der Waals surface area contributed by atoms with Gasteiger partial charge in [0.25, 0.3) is 0 Å². The lowest BCUT2D eigenvalue weighted by molar-refractivity contribution is 0.256. The van der Waals surface area contributed by atoms with Crippen LogP contribution in [0.4, 0.5) is 0 Å². The van der Waals surface area contributed by atoms with Gasteiger partial charge in [0, 0.05) is 25.2 Å². The summed E-state index contributed by atoms with van der Waals surface area (Å²) >= 11 is 0. The molecule has 1 aliphatic heterocycles. The Morgan fingerprint density at radius 2 is 2.19 bits per heavy atom. The minimum atomic E-state index is 0.604. The Bertz CT molecular complexity index is 790. The summed E-state index contributed by atoms with van der Waals surface area (Å²) in [5.41, 5.74) is 5.52. The van der Waals surface area contributed by atoms with Crippen molar-refractivity contribution < 1.29 is 9.47 Å². The summed E-state index contributed by atoms with van der Waals surface area (Å²) in [6.07, 6.45) is 4.72. The molecule has 1 aliphatic carbocycles. The van der Waals surface area contributed by atoms with Crippen LogP contribution in [0.2, 0.25) is 0 Å². The van der Waals surface area contributed by atoms with Crippen LogP contribution in [0.25, 0.3) is 0 Å². The quantitative estimate of drug-likeness (QED) is 0.845. The lowest BCUT2D eigenvalue weighted by atomic mass is 9.82. The van der Waals surface area contributed by atoms with E-state index in [0.29, 0.717) is 12.6 Å². The average Bonchev–Trinajstić information content (AvgIpc) is 2.72. The van der Waals surface area contributed by atoms with Gasteiger partial charge in [0.05, 0.1) is 7.11 Å². The van der Waals surface area contributed by atoms with Crippen molar-refractivity contribution in [1.29, 1.82) is 0 Å². The Kier molecular flexibility index (Phi) is 5.65. The molecule has 0 fully saturated rings. The number of hydrogen-bond acceptors (Lipinski definition) is 4. The lowest BCUT2D eigenvalue weighted by Crippen LogP contribution is -2.29. The van der Waals surface area contributed by atoms with Crippen LogP contribution >= 0.6 is 0 Å².